The van der Waals surface area contributed by atoms with Crippen molar-refractivity contribution in [1.82, 2.24) is 5.06 Å². The number of nitrogens with zero attached hydrogens (tertiary/aromatic N) is 1. The first kappa shape index (κ1) is 7.94. The van der Waals surface area contributed by atoms with E-state index in [0.717, 1.165) is 13.0 Å². The van der Waals surface area contributed by atoms with E-state index in [0.29, 0.717) is 12.2 Å². The van der Waals surface area contributed by atoms with Crippen LogP contribution < -0.4 is 0 Å². The van der Waals surface area contributed by atoms with Crippen LogP contribution >= 0.6 is 0 Å². The summed E-state index contributed by atoms with van der Waals surface area (Å²) in [5.74, 6) is 0.319. The fourth-order valence-corrected chi connectivity index (χ4v) is 3.07. The zero-order valence-electron chi connectivity index (χ0n) is 7.79. The minimum atomic E-state index is -0.0909. The molecule has 3 nitrogen and oxygen atoms in total. The van der Waals surface area contributed by atoms with Crippen LogP contribution in [0.25, 0.3) is 0 Å². The van der Waals surface area contributed by atoms with E-state index in [4.69, 9.17) is 4.84 Å². The van der Waals surface area contributed by atoms with Gasteiger partial charge in [-0.2, -0.15) is 5.06 Å². The molecule has 0 aromatic rings. The highest BCUT2D eigenvalue weighted by molar-refractivity contribution is 5.84. The Kier molecular flexibility index (Phi) is 1.56. The fourth-order valence-electron chi connectivity index (χ4n) is 3.07. The van der Waals surface area contributed by atoms with Crippen molar-refractivity contribution in [1.29, 1.82) is 0 Å². The number of rotatable bonds is 0. The Hall–Kier alpha value is -0.410. The summed E-state index contributed by atoms with van der Waals surface area (Å²) in [7, 11) is 0. The van der Waals surface area contributed by atoms with Crippen LogP contribution in [0.5, 0.6) is 0 Å². The van der Waals surface area contributed by atoms with Crippen molar-refractivity contribution in [3.63, 3.8) is 0 Å². The highest BCUT2D eigenvalue weighted by atomic mass is 16.7. The molecule has 3 rings (SSSR count). The molecule has 2 atom stereocenters. The van der Waals surface area contributed by atoms with Crippen LogP contribution in [0.1, 0.15) is 38.5 Å². The van der Waals surface area contributed by atoms with Gasteiger partial charge in [-0.15, -0.1) is 0 Å². The van der Waals surface area contributed by atoms with Gasteiger partial charge in [0.25, 0.3) is 0 Å². The Morgan fingerprint density at radius 1 is 1.38 bits per heavy atom. The van der Waals surface area contributed by atoms with Gasteiger partial charge in [-0.3, -0.25) is 9.63 Å². The van der Waals surface area contributed by atoms with Gasteiger partial charge in [-0.05, 0) is 12.8 Å². The second-order valence-corrected chi connectivity index (χ2v) is 4.55. The van der Waals surface area contributed by atoms with Crippen molar-refractivity contribution in [2.45, 2.75) is 50.2 Å². The molecule has 2 saturated heterocycles. The molecule has 3 aliphatic rings. The predicted octanol–water partition coefficient (Wildman–Crippen LogP) is 1.28. The van der Waals surface area contributed by atoms with Gasteiger partial charge in [0.15, 0.2) is 5.78 Å². The van der Waals surface area contributed by atoms with Crippen molar-refractivity contribution < 1.29 is 9.63 Å². The summed E-state index contributed by atoms with van der Waals surface area (Å²) in [6.07, 6.45) is 6.65. The molecule has 0 aromatic carbocycles. The SMILES string of the molecule is O=C1CCN2OC1CC21CCCC1. The summed E-state index contributed by atoms with van der Waals surface area (Å²) < 4.78 is 0. The van der Waals surface area contributed by atoms with Crippen LogP contribution in [-0.4, -0.2) is 29.0 Å². The van der Waals surface area contributed by atoms with Crippen LogP contribution in [0, 0.1) is 0 Å². The molecule has 1 spiro atoms. The maximum atomic E-state index is 11.4. The van der Waals surface area contributed by atoms with Gasteiger partial charge >= 0.3 is 0 Å². The summed E-state index contributed by atoms with van der Waals surface area (Å²) in [6.45, 7) is 0.829. The van der Waals surface area contributed by atoms with Crippen LogP contribution in [0.15, 0.2) is 0 Å². The number of fused-ring (bicyclic) bond motifs is 3. The molecular formula is C10H15NO2. The number of carbonyl (C=O) groups excluding carboxylic acids is 1. The highest BCUT2D eigenvalue weighted by Gasteiger charge is 2.52. The van der Waals surface area contributed by atoms with E-state index < -0.39 is 0 Å². The molecule has 2 heterocycles. The number of hydrogen-bond acceptors (Lipinski definition) is 3. The molecule has 2 aliphatic heterocycles. The largest absolute Gasteiger partial charge is 0.297 e. The van der Waals surface area contributed by atoms with E-state index >= 15 is 0 Å². The molecule has 0 aromatic heterocycles. The topological polar surface area (TPSA) is 29.5 Å². The van der Waals surface area contributed by atoms with Gasteiger partial charge in [-0.25, -0.2) is 0 Å². The third-order valence-electron chi connectivity index (χ3n) is 3.80. The van der Waals surface area contributed by atoms with E-state index in [1.165, 1.54) is 25.7 Å². The van der Waals surface area contributed by atoms with E-state index in [1.807, 2.05) is 0 Å². The van der Waals surface area contributed by atoms with Crippen LogP contribution in [0.3, 0.4) is 0 Å². The first-order valence-corrected chi connectivity index (χ1v) is 5.27. The van der Waals surface area contributed by atoms with Gasteiger partial charge in [-0.1, -0.05) is 12.8 Å². The zero-order chi connectivity index (χ0) is 8.89. The normalized spacial score (nSPS) is 41.7. The predicted molar refractivity (Wildman–Crippen MR) is 47.0 cm³/mol. The molecule has 2 bridgehead atoms. The van der Waals surface area contributed by atoms with Crippen LogP contribution in [-0.2, 0) is 9.63 Å². The molecule has 0 N–H and O–H groups in total. The van der Waals surface area contributed by atoms with E-state index in [1.54, 1.807) is 0 Å². The Morgan fingerprint density at radius 2 is 2.15 bits per heavy atom. The minimum Gasteiger partial charge on any atom is -0.297 e. The Balaban J connectivity index is 1.89. The lowest BCUT2D eigenvalue weighted by atomic mass is 9.91. The standard InChI is InChI=1S/C10H15NO2/c12-8-3-6-11-10(4-1-2-5-10)7-9(8)13-11/h9H,1-7H2. The van der Waals surface area contributed by atoms with Crippen LogP contribution in [0.4, 0.5) is 0 Å². The van der Waals surface area contributed by atoms with E-state index in [9.17, 15) is 4.79 Å². The third-order valence-corrected chi connectivity index (χ3v) is 3.80. The quantitative estimate of drug-likeness (QED) is 0.563. The first-order chi connectivity index (χ1) is 6.30. The third kappa shape index (κ3) is 1.00. The van der Waals surface area contributed by atoms with Gasteiger partial charge in [0.1, 0.15) is 6.10 Å². The van der Waals surface area contributed by atoms with Gasteiger partial charge < -0.3 is 0 Å². The molecule has 1 aliphatic carbocycles. The molecule has 2 unspecified atom stereocenters. The van der Waals surface area contributed by atoms with Crippen molar-refractivity contribution in [2.24, 2.45) is 0 Å². The lowest BCUT2D eigenvalue weighted by Crippen LogP contribution is -2.42. The minimum absolute atomic E-state index is 0.0909. The van der Waals surface area contributed by atoms with Crippen molar-refractivity contribution >= 4 is 5.78 Å². The highest BCUT2D eigenvalue weighted by Crippen LogP contribution is 2.46. The average molecular weight is 181 g/mol. The van der Waals surface area contributed by atoms with E-state index in [-0.39, 0.29) is 11.6 Å². The van der Waals surface area contributed by atoms with E-state index in [2.05, 4.69) is 5.06 Å². The lowest BCUT2D eigenvalue weighted by molar-refractivity contribution is -0.205. The second-order valence-electron chi connectivity index (χ2n) is 4.55. The maximum Gasteiger partial charge on any atom is 0.165 e. The van der Waals surface area contributed by atoms with Gasteiger partial charge in [0.2, 0.25) is 0 Å². The van der Waals surface area contributed by atoms with Gasteiger partial charge in [0, 0.05) is 24.9 Å². The molecule has 13 heavy (non-hydrogen) atoms. The van der Waals surface area contributed by atoms with Crippen molar-refractivity contribution in [3.8, 4) is 0 Å². The first-order valence-electron chi connectivity index (χ1n) is 5.27. The van der Waals surface area contributed by atoms with Crippen molar-refractivity contribution in [3.05, 3.63) is 0 Å². The zero-order valence-corrected chi connectivity index (χ0v) is 7.79. The number of hydrogen-bond donors (Lipinski definition) is 0. The molecule has 72 valence electrons. The Morgan fingerprint density at radius 3 is 2.85 bits per heavy atom. The summed E-state index contributed by atoms with van der Waals surface area (Å²) >= 11 is 0. The Labute approximate surface area is 78.0 Å². The maximum absolute atomic E-state index is 11.4. The monoisotopic (exact) mass is 181 g/mol. The fraction of sp³-hybridized carbons (Fsp3) is 0.900. The summed E-state index contributed by atoms with van der Waals surface area (Å²) in [4.78, 5) is 17.1. The second kappa shape index (κ2) is 2.55. The summed E-state index contributed by atoms with van der Waals surface area (Å²) in [5, 5.41) is 2.12. The summed E-state index contributed by atoms with van der Waals surface area (Å²) in [6, 6.07) is 0. The van der Waals surface area contributed by atoms with Gasteiger partial charge in [0.05, 0.1) is 0 Å². The molecule has 0 amide bonds. The number of hydroxylamine groups is 2. The molecule has 3 heteroatoms. The lowest BCUT2D eigenvalue weighted by Gasteiger charge is -2.32. The number of Topliss-reactive ketones (excluding diaryl/α,β-unsaturated/α-hetero) is 1. The Bertz CT molecular complexity index is 245. The number of ketones is 1. The smallest absolute Gasteiger partial charge is 0.165 e. The number of carbonyl (C=O) groups is 1. The molecule has 0 radical (unpaired) electrons. The summed E-state index contributed by atoms with van der Waals surface area (Å²) in [5.41, 5.74) is 0.261. The van der Waals surface area contributed by atoms with Crippen molar-refractivity contribution in [2.75, 3.05) is 6.54 Å². The average Bonchev–Trinajstić information content (AvgIpc) is 2.69. The van der Waals surface area contributed by atoms with Crippen LogP contribution in [0.2, 0.25) is 0 Å². The molecule has 1 saturated carbocycles. The molecule has 3 fully saturated rings. The molecular weight excluding hydrogens is 166 g/mol.